The van der Waals surface area contributed by atoms with Crippen molar-refractivity contribution in [3.8, 4) is 22.3 Å². The quantitative estimate of drug-likeness (QED) is 0.171. The van der Waals surface area contributed by atoms with Gasteiger partial charge in [-0.15, -0.1) is 0 Å². The fourth-order valence-electron chi connectivity index (χ4n) is 7.44. The van der Waals surface area contributed by atoms with E-state index in [1.807, 2.05) is 0 Å². The lowest BCUT2D eigenvalue weighted by atomic mass is 9.72. The first-order valence-corrected chi connectivity index (χ1v) is 17.4. The molecule has 1 atom stereocenters. The van der Waals surface area contributed by atoms with Gasteiger partial charge < -0.3 is 4.90 Å². The molecule has 0 heterocycles. The van der Waals surface area contributed by atoms with Gasteiger partial charge in [-0.25, -0.2) is 0 Å². The molecule has 0 bridgehead atoms. The van der Waals surface area contributed by atoms with Crippen molar-refractivity contribution in [2.45, 2.75) is 32.6 Å². The van der Waals surface area contributed by atoms with Crippen molar-refractivity contribution >= 4 is 38.6 Å². The highest BCUT2D eigenvalue weighted by Gasteiger charge is 2.30. The molecule has 238 valence electrons. The van der Waals surface area contributed by atoms with E-state index < -0.39 is 0 Å². The molecule has 7 aromatic rings. The molecule has 8 rings (SSSR count). The number of allylic oxidation sites excluding steroid dienone is 4. The van der Waals surface area contributed by atoms with Crippen LogP contribution in [-0.2, 0) is 11.8 Å². The van der Waals surface area contributed by atoms with Crippen LogP contribution in [0.25, 0.3) is 43.8 Å². The average molecular weight is 632 g/mol. The Balaban J connectivity index is 1.26. The summed E-state index contributed by atoms with van der Waals surface area (Å²) < 4.78 is 0. The first kappa shape index (κ1) is 30.7. The molecular formula is C48H41N. The van der Waals surface area contributed by atoms with E-state index in [1.165, 1.54) is 60.6 Å². The number of nitrogens with zero attached hydrogens (tertiary/aromatic N) is 1. The maximum atomic E-state index is 2.44. The summed E-state index contributed by atoms with van der Waals surface area (Å²) in [5, 5.41) is 5.12. The topological polar surface area (TPSA) is 3.24 Å². The first-order valence-electron chi connectivity index (χ1n) is 17.4. The Morgan fingerprint density at radius 1 is 0.531 bits per heavy atom. The SMILES string of the molecule is CC1/C=C\C=C/Cc2ccc(N(c3ccc(-c4ccccc4)cc3)c3ccc(-c4cc5ccccc5c5ccccc45)cc3)cc2C1(C)C. The highest BCUT2D eigenvalue weighted by molar-refractivity contribution is 6.13. The summed E-state index contributed by atoms with van der Waals surface area (Å²) in [6.45, 7) is 7.11. The molecule has 1 heteroatoms. The number of benzene rings is 7. The summed E-state index contributed by atoms with van der Waals surface area (Å²) >= 11 is 0. The van der Waals surface area contributed by atoms with E-state index >= 15 is 0 Å². The molecular weight excluding hydrogens is 591 g/mol. The average Bonchev–Trinajstić information content (AvgIpc) is 3.20. The van der Waals surface area contributed by atoms with Gasteiger partial charge in [0.25, 0.3) is 0 Å². The van der Waals surface area contributed by atoms with Crippen LogP contribution in [0.5, 0.6) is 0 Å². The molecule has 0 saturated heterocycles. The second kappa shape index (κ2) is 12.7. The zero-order valence-corrected chi connectivity index (χ0v) is 28.5. The molecule has 7 aromatic carbocycles. The van der Waals surface area contributed by atoms with Gasteiger partial charge in [0.15, 0.2) is 0 Å². The minimum Gasteiger partial charge on any atom is -0.310 e. The van der Waals surface area contributed by atoms with Crippen molar-refractivity contribution in [2.24, 2.45) is 5.92 Å². The van der Waals surface area contributed by atoms with Gasteiger partial charge in [0.1, 0.15) is 0 Å². The Morgan fingerprint density at radius 2 is 1.12 bits per heavy atom. The summed E-state index contributed by atoms with van der Waals surface area (Å²) in [7, 11) is 0. The van der Waals surface area contributed by atoms with Gasteiger partial charge >= 0.3 is 0 Å². The zero-order chi connectivity index (χ0) is 33.4. The van der Waals surface area contributed by atoms with Crippen LogP contribution in [0.15, 0.2) is 176 Å². The van der Waals surface area contributed by atoms with E-state index in [-0.39, 0.29) is 5.41 Å². The van der Waals surface area contributed by atoms with Gasteiger partial charge in [0, 0.05) is 17.1 Å². The third-order valence-corrected chi connectivity index (χ3v) is 10.6. The van der Waals surface area contributed by atoms with Gasteiger partial charge in [-0.3, -0.25) is 0 Å². The summed E-state index contributed by atoms with van der Waals surface area (Å²) in [4.78, 5) is 2.41. The van der Waals surface area contributed by atoms with Crippen LogP contribution in [0.4, 0.5) is 17.1 Å². The first-order chi connectivity index (χ1) is 24.0. The molecule has 1 aliphatic rings. The molecule has 0 aromatic heterocycles. The largest absolute Gasteiger partial charge is 0.310 e. The lowest BCUT2D eigenvalue weighted by Crippen LogP contribution is -2.27. The molecule has 0 radical (unpaired) electrons. The van der Waals surface area contributed by atoms with Crippen molar-refractivity contribution in [2.75, 3.05) is 4.90 Å². The Labute approximate surface area is 290 Å². The lowest BCUT2D eigenvalue weighted by Gasteiger charge is -2.34. The second-order valence-electron chi connectivity index (χ2n) is 13.9. The summed E-state index contributed by atoms with van der Waals surface area (Å²) in [6, 6.07) is 55.7. The highest BCUT2D eigenvalue weighted by atomic mass is 15.1. The van der Waals surface area contributed by atoms with Crippen molar-refractivity contribution in [3.05, 3.63) is 187 Å². The van der Waals surface area contributed by atoms with Gasteiger partial charge in [-0.2, -0.15) is 0 Å². The van der Waals surface area contributed by atoms with Gasteiger partial charge in [0.2, 0.25) is 0 Å². The van der Waals surface area contributed by atoms with Crippen molar-refractivity contribution < 1.29 is 0 Å². The number of hydrogen-bond donors (Lipinski definition) is 0. The molecule has 0 amide bonds. The Hall–Kier alpha value is -5.66. The van der Waals surface area contributed by atoms with E-state index in [1.54, 1.807) is 0 Å². The number of rotatable bonds is 5. The van der Waals surface area contributed by atoms with E-state index in [0.717, 1.165) is 17.8 Å². The number of hydrogen-bond acceptors (Lipinski definition) is 1. The van der Waals surface area contributed by atoms with Crippen LogP contribution < -0.4 is 4.90 Å². The number of anilines is 3. The van der Waals surface area contributed by atoms with Gasteiger partial charge in [0.05, 0.1) is 0 Å². The van der Waals surface area contributed by atoms with E-state index in [2.05, 4.69) is 202 Å². The molecule has 49 heavy (non-hydrogen) atoms. The van der Waals surface area contributed by atoms with Crippen molar-refractivity contribution in [1.29, 1.82) is 0 Å². The van der Waals surface area contributed by atoms with Crippen LogP contribution in [0.1, 0.15) is 31.9 Å². The minimum atomic E-state index is -0.0301. The fourth-order valence-corrected chi connectivity index (χ4v) is 7.44. The summed E-state index contributed by atoms with van der Waals surface area (Å²) in [6.07, 6.45) is 9.94. The Morgan fingerprint density at radius 3 is 1.86 bits per heavy atom. The number of fused-ring (bicyclic) bond motifs is 4. The monoisotopic (exact) mass is 631 g/mol. The van der Waals surface area contributed by atoms with Crippen LogP contribution in [0.2, 0.25) is 0 Å². The lowest BCUT2D eigenvalue weighted by molar-refractivity contribution is 0.407. The third-order valence-electron chi connectivity index (χ3n) is 10.6. The van der Waals surface area contributed by atoms with Gasteiger partial charge in [-0.1, -0.05) is 154 Å². The van der Waals surface area contributed by atoms with E-state index in [9.17, 15) is 0 Å². The maximum Gasteiger partial charge on any atom is 0.0464 e. The molecule has 0 N–H and O–H groups in total. The minimum absolute atomic E-state index is 0.0301. The molecule has 0 fully saturated rings. The van der Waals surface area contributed by atoms with E-state index in [0.29, 0.717) is 5.92 Å². The molecule has 1 nitrogen and oxygen atoms in total. The van der Waals surface area contributed by atoms with Crippen LogP contribution in [0, 0.1) is 5.92 Å². The third kappa shape index (κ3) is 5.76. The Kier molecular flexibility index (Phi) is 7.98. The van der Waals surface area contributed by atoms with Gasteiger partial charge in [-0.05, 0) is 115 Å². The molecule has 0 saturated carbocycles. The summed E-state index contributed by atoms with van der Waals surface area (Å²) in [5.41, 5.74) is 11.1. The van der Waals surface area contributed by atoms with Crippen molar-refractivity contribution in [1.82, 2.24) is 0 Å². The molecule has 1 unspecified atom stereocenters. The maximum absolute atomic E-state index is 2.44. The Bertz CT molecular complexity index is 2320. The fraction of sp³-hybridized carbons (Fsp3) is 0.125. The molecule has 0 spiro atoms. The molecule has 1 aliphatic carbocycles. The zero-order valence-electron chi connectivity index (χ0n) is 28.5. The van der Waals surface area contributed by atoms with E-state index in [4.69, 9.17) is 0 Å². The smallest absolute Gasteiger partial charge is 0.0464 e. The van der Waals surface area contributed by atoms with Crippen molar-refractivity contribution in [3.63, 3.8) is 0 Å². The predicted octanol–water partition coefficient (Wildman–Crippen LogP) is 13.4. The van der Waals surface area contributed by atoms with Crippen LogP contribution in [-0.4, -0.2) is 0 Å². The highest BCUT2D eigenvalue weighted by Crippen LogP contribution is 2.43. The van der Waals surface area contributed by atoms with Crippen LogP contribution >= 0.6 is 0 Å². The molecule has 0 aliphatic heterocycles. The summed E-state index contributed by atoms with van der Waals surface area (Å²) in [5.74, 6) is 0.388. The van der Waals surface area contributed by atoms with Crippen LogP contribution in [0.3, 0.4) is 0 Å². The second-order valence-corrected chi connectivity index (χ2v) is 13.9. The standard InChI is InChI=1S/C48H41N/c1-34-14-6-4-9-17-38-26-31-42(33-47(38)48(34,2)3)49(40-27-22-36(23-28-40)35-15-7-5-8-16-35)41-29-24-37(25-30-41)46-32-39-18-10-11-19-43(39)44-20-12-13-21-45(44)46/h4-16,18-34H,17H2,1-3H3/b9-4-,14-6-. The predicted molar refractivity (Wildman–Crippen MR) is 211 cm³/mol. The normalized spacial score (nSPS) is 16.7.